The van der Waals surface area contributed by atoms with Crippen molar-refractivity contribution in [2.45, 2.75) is 32.6 Å². The molecule has 0 saturated carbocycles. The highest BCUT2D eigenvalue weighted by Crippen LogP contribution is 2.00. The summed E-state index contributed by atoms with van der Waals surface area (Å²) >= 11 is 0. The molecule has 0 aliphatic carbocycles. The quantitative estimate of drug-likeness (QED) is 0.647. The molecule has 1 aromatic heterocycles. The molecule has 3 nitrogen and oxygen atoms in total. The molecule has 0 saturated heterocycles. The minimum Gasteiger partial charge on any atom is -0.306 e. The third-order valence-electron chi connectivity index (χ3n) is 2.79. The summed E-state index contributed by atoms with van der Waals surface area (Å²) in [5.41, 5.74) is 1.14. The Morgan fingerprint density at radius 1 is 1.29 bits per heavy atom. The van der Waals surface area contributed by atoms with E-state index in [2.05, 4.69) is 23.0 Å². The van der Waals surface area contributed by atoms with Gasteiger partial charge in [0.15, 0.2) is 0 Å². The predicted molar refractivity (Wildman–Crippen MR) is 70.0 cm³/mol. The van der Waals surface area contributed by atoms with Crippen LogP contribution in [0.4, 0.5) is 0 Å². The van der Waals surface area contributed by atoms with E-state index in [-0.39, 0.29) is 0 Å². The summed E-state index contributed by atoms with van der Waals surface area (Å²) in [7, 11) is 2.12. The Kier molecular flexibility index (Phi) is 6.48. The summed E-state index contributed by atoms with van der Waals surface area (Å²) < 4.78 is 0. The van der Waals surface area contributed by atoms with Crippen LogP contribution in [0.1, 0.15) is 31.9 Å². The number of likely N-dealkylation sites (N-methyl/N-ethyl adjacent to an activating group) is 1. The molecule has 0 spiro atoms. The second kappa shape index (κ2) is 7.96. The van der Waals surface area contributed by atoms with Gasteiger partial charge < -0.3 is 9.69 Å². The first-order valence-corrected chi connectivity index (χ1v) is 6.26. The zero-order valence-electron chi connectivity index (χ0n) is 10.9. The van der Waals surface area contributed by atoms with Crippen LogP contribution < -0.4 is 0 Å². The van der Waals surface area contributed by atoms with Crippen molar-refractivity contribution in [3.63, 3.8) is 0 Å². The van der Waals surface area contributed by atoms with E-state index in [1.165, 1.54) is 0 Å². The number of rotatable bonds is 8. The molecule has 0 amide bonds. The molecular formula is C14H22N2O. The van der Waals surface area contributed by atoms with Gasteiger partial charge in [0.05, 0.1) is 0 Å². The molecule has 0 atom stereocenters. The third kappa shape index (κ3) is 6.84. The predicted octanol–water partition coefficient (Wildman–Crippen LogP) is 2.32. The zero-order valence-corrected chi connectivity index (χ0v) is 10.9. The summed E-state index contributed by atoms with van der Waals surface area (Å²) in [5.74, 6) is 0.293. The number of carbonyl (C=O) groups is 1. The van der Waals surface area contributed by atoms with Crippen molar-refractivity contribution in [1.82, 2.24) is 9.88 Å². The molecule has 1 aromatic rings. The molecule has 0 N–H and O–H groups in total. The number of nitrogens with zero attached hydrogens (tertiary/aromatic N) is 2. The van der Waals surface area contributed by atoms with Crippen LogP contribution in [0.15, 0.2) is 24.4 Å². The van der Waals surface area contributed by atoms with Gasteiger partial charge in [-0.05, 0) is 45.5 Å². The standard InChI is InChI=1S/C14H22N2O/c1-13(17)7-4-6-11-16(2)12-9-14-8-3-5-10-15-14/h3,5,8,10H,4,6-7,9,11-12H2,1-2H3. The number of ketones is 1. The third-order valence-corrected chi connectivity index (χ3v) is 2.79. The van der Waals surface area contributed by atoms with Crippen molar-refractivity contribution in [1.29, 1.82) is 0 Å². The molecule has 94 valence electrons. The molecule has 0 radical (unpaired) electrons. The van der Waals surface area contributed by atoms with Gasteiger partial charge in [-0.15, -0.1) is 0 Å². The fourth-order valence-electron chi connectivity index (χ4n) is 1.72. The Bertz CT molecular complexity index is 324. The minimum absolute atomic E-state index is 0.293. The number of pyridine rings is 1. The van der Waals surface area contributed by atoms with E-state index in [0.717, 1.165) is 38.0 Å². The number of Topliss-reactive ketones (excluding diaryl/α,β-unsaturated/α-hetero) is 1. The second-order valence-electron chi connectivity index (χ2n) is 4.53. The maximum atomic E-state index is 10.8. The Morgan fingerprint density at radius 3 is 2.76 bits per heavy atom. The Hall–Kier alpha value is -1.22. The molecule has 0 aromatic carbocycles. The van der Waals surface area contributed by atoms with E-state index >= 15 is 0 Å². The van der Waals surface area contributed by atoms with E-state index < -0.39 is 0 Å². The first-order chi connectivity index (χ1) is 8.18. The Morgan fingerprint density at radius 2 is 2.12 bits per heavy atom. The Balaban J connectivity index is 2.09. The summed E-state index contributed by atoms with van der Waals surface area (Å²) in [6.07, 6.45) is 5.64. The molecule has 0 fully saturated rings. The summed E-state index contributed by atoms with van der Waals surface area (Å²) in [4.78, 5) is 17.4. The van der Waals surface area contributed by atoms with Gasteiger partial charge in [0, 0.05) is 31.3 Å². The van der Waals surface area contributed by atoms with E-state index in [0.29, 0.717) is 12.2 Å². The lowest BCUT2D eigenvalue weighted by atomic mass is 10.2. The smallest absolute Gasteiger partial charge is 0.129 e. The molecule has 0 aliphatic rings. The van der Waals surface area contributed by atoms with Gasteiger partial charge in [-0.3, -0.25) is 4.98 Å². The largest absolute Gasteiger partial charge is 0.306 e. The van der Waals surface area contributed by atoms with Crippen molar-refractivity contribution in [3.8, 4) is 0 Å². The van der Waals surface area contributed by atoms with Crippen LogP contribution in [0.2, 0.25) is 0 Å². The molecule has 3 heteroatoms. The first kappa shape index (κ1) is 13.8. The van der Waals surface area contributed by atoms with Crippen LogP contribution in [-0.4, -0.2) is 35.8 Å². The van der Waals surface area contributed by atoms with Crippen molar-refractivity contribution < 1.29 is 4.79 Å². The molecule has 0 bridgehead atoms. The SMILES string of the molecule is CC(=O)CCCCN(C)CCc1ccccn1. The van der Waals surface area contributed by atoms with Crippen LogP contribution in [0.5, 0.6) is 0 Å². The number of hydrogen-bond acceptors (Lipinski definition) is 3. The lowest BCUT2D eigenvalue weighted by Crippen LogP contribution is -2.22. The lowest BCUT2D eigenvalue weighted by molar-refractivity contribution is -0.117. The van der Waals surface area contributed by atoms with Gasteiger partial charge in [0.2, 0.25) is 0 Å². The van der Waals surface area contributed by atoms with Crippen LogP contribution in [0.25, 0.3) is 0 Å². The van der Waals surface area contributed by atoms with Crippen LogP contribution in [0.3, 0.4) is 0 Å². The topological polar surface area (TPSA) is 33.2 Å². The fraction of sp³-hybridized carbons (Fsp3) is 0.571. The van der Waals surface area contributed by atoms with Crippen LogP contribution >= 0.6 is 0 Å². The summed E-state index contributed by atoms with van der Waals surface area (Å²) in [5, 5.41) is 0. The van der Waals surface area contributed by atoms with Gasteiger partial charge >= 0.3 is 0 Å². The maximum absolute atomic E-state index is 10.8. The fourth-order valence-corrected chi connectivity index (χ4v) is 1.72. The highest BCUT2D eigenvalue weighted by molar-refractivity contribution is 5.75. The number of carbonyl (C=O) groups excluding carboxylic acids is 1. The highest BCUT2D eigenvalue weighted by atomic mass is 16.1. The lowest BCUT2D eigenvalue weighted by Gasteiger charge is -2.15. The van der Waals surface area contributed by atoms with Gasteiger partial charge in [0.25, 0.3) is 0 Å². The monoisotopic (exact) mass is 234 g/mol. The summed E-state index contributed by atoms with van der Waals surface area (Å²) in [6, 6.07) is 6.02. The summed E-state index contributed by atoms with van der Waals surface area (Å²) in [6.45, 7) is 3.74. The van der Waals surface area contributed by atoms with E-state index in [9.17, 15) is 4.79 Å². The number of hydrogen-bond donors (Lipinski definition) is 0. The highest BCUT2D eigenvalue weighted by Gasteiger charge is 2.00. The van der Waals surface area contributed by atoms with Crippen molar-refractivity contribution in [3.05, 3.63) is 30.1 Å². The van der Waals surface area contributed by atoms with Gasteiger partial charge in [-0.1, -0.05) is 6.07 Å². The number of aromatic nitrogens is 1. The molecule has 1 rings (SSSR count). The minimum atomic E-state index is 0.293. The van der Waals surface area contributed by atoms with Crippen LogP contribution in [-0.2, 0) is 11.2 Å². The average molecular weight is 234 g/mol. The van der Waals surface area contributed by atoms with Gasteiger partial charge in [-0.25, -0.2) is 0 Å². The number of unbranched alkanes of at least 4 members (excludes halogenated alkanes) is 1. The van der Waals surface area contributed by atoms with E-state index in [1.54, 1.807) is 6.92 Å². The second-order valence-corrected chi connectivity index (χ2v) is 4.53. The Labute approximate surface area is 104 Å². The normalized spacial score (nSPS) is 10.8. The van der Waals surface area contributed by atoms with Gasteiger partial charge in [-0.2, -0.15) is 0 Å². The average Bonchev–Trinajstić information content (AvgIpc) is 2.33. The molecular weight excluding hydrogens is 212 g/mol. The molecule has 0 unspecified atom stereocenters. The van der Waals surface area contributed by atoms with Gasteiger partial charge in [0.1, 0.15) is 5.78 Å². The zero-order chi connectivity index (χ0) is 12.5. The van der Waals surface area contributed by atoms with Crippen molar-refractivity contribution >= 4 is 5.78 Å². The molecule has 1 heterocycles. The van der Waals surface area contributed by atoms with Crippen molar-refractivity contribution in [2.24, 2.45) is 0 Å². The van der Waals surface area contributed by atoms with E-state index in [4.69, 9.17) is 0 Å². The van der Waals surface area contributed by atoms with Crippen molar-refractivity contribution in [2.75, 3.05) is 20.1 Å². The molecule has 17 heavy (non-hydrogen) atoms. The molecule has 0 aliphatic heterocycles. The maximum Gasteiger partial charge on any atom is 0.129 e. The first-order valence-electron chi connectivity index (χ1n) is 6.26. The van der Waals surface area contributed by atoms with Crippen LogP contribution in [0, 0.1) is 0 Å². The van der Waals surface area contributed by atoms with E-state index in [1.807, 2.05) is 18.3 Å².